The lowest BCUT2D eigenvalue weighted by Crippen LogP contribution is -2.18. The van der Waals surface area contributed by atoms with Gasteiger partial charge >= 0.3 is 0 Å². The summed E-state index contributed by atoms with van der Waals surface area (Å²) in [6.07, 6.45) is 0.206. The molecule has 0 heterocycles. The summed E-state index contributed by atoms with van der Waals surface area (Å²) in [6.45, 7) is 0.191. The Morgan fingerprint density at radius 2 is 1.71 bits per heavy atom. The Bertz CT molecular complexity index is 328. The first-order chi connectivity index (χ1) is 6.57. The van der Waals surface area contributed by atoms with E-state index in [-0.39, 0.29) is 13.0 Å². The highest BCUT2D eigenvalue weighted by Gasteiger charge is 2.19. The lowest BCUT2D eigenvalue weighted by Gasteiger charge is -2.12. The predicted molar refractivity (Wildman–Crippen MR) is 46.9 cm³/mol. The molecule has 0 aliphatic rings. The molecule has 0 bridgehead atoms. The number of benzene rings is 1. The summed E-state index contributed by atoms with van der Waals surface area (Å²) in [5, 5.41) is 0. The molecule has 0 unspecified atom stereocenters. The summed E-state index contributed by atoms with van der Waals surface area (Å²) in [5.41, 5.74) is 10.2. The summed E-state index contributed by atoms with van der Waals surface area (Å²) in [4.78, 5) is 0. The molecule has 5 heteroatoms. The van der Waals surface area contributed by atoms with E-state index >= 15 is 0 Å². The normalized spacial score (nSPS) is 12.9. The van der Waals surface area contributed by atoms with Crippen LogP contribution in [-0.4, -0.2) is 6.54 Å². The van der Waals surface area contributed by atoms with Crippen LogP contribution in [0.1, 0.15) is 18.0 Å². The van der Waals surface area contributed by atoms with Crippen LogP contribution in [0.3, 0.4) is 0 Å². The molecule has 1 aromatic rings. The lowest BCUT2D eigenvalue weighted by atomic mass is 10.0. The van der Waals surface area contributed by atoms with Crippen molar-refractivity contribution in [1.29, 1.82) is 0 Å². The molecule has 14 heavy (non-hydrogen) atoms. The highest BCUT2D eigenvalue weighted by atomic mass is 19.2. The van der Waals surface area contributed by atoms with Crippen LogP contribution in [0.2, 0.25) is 0 Å². The SMILES string of the molecule is NCC[C@@H](N)c1c(F)ccc(F)c1F. The smallest absolute Gasteiger partial charge is 0.166 e. The van der Waals surface area contributed by atoms with E-state index in [2.05, 4.69) is 0 Å². The molecule has 0 amide bonds. The Hall–Kier alpha value is -1.07. The first-order valence-electron chi connectivity index (χ1n) is 4.17. The van der Waals surface area contributed by atoms with Crippen LogP contribution in [-0.2, 0) is 0 Å². The van der Waals surface area contributed by atoms with E-state index in [1.54, 1.807) is 0 Å². The minimum Gasteiger partial charge on any atom is -0.330 e. The van der Waals surface area contributed by atoms with Crippen molar-refractivity contribution in [3.05, 3.63) is 35.1 Å². The first-order valence-corrected chi connectivity index (χ1v) is 4.17. The van der Waals surface area contributed by atoms with Gasteiger partial charge in [0.25, 0.3) is 0 Å². The van der Waals surface area contributed by atoms with Gasteiger partial charge in [-0.05, 0) is 25.1 Å². The Balaban J connectivity index is 3.11. The summed E-state index contributed by atoms with van der Waals surface area (Å²) < 4.78 is 38.9. The van der Waals surface area contributed by atoms with Crippen molar-refractivity contribution in [2.24, 2.45) is 11.5 Å². The van der Waals surface area contributed by atoms with Crippen LogP contribution in [0.5, 0.6) is 0 Å². The zero-order valence-electron chi connectivity index (χ0n) is 7.43. The molecular formula is C9H11F3N2. The van der Waals surface area contributed by atoms with Gasteiger partial charge in [-0.25, -0.2) is 13.2 Å². The molecule has 1 atom stereocenters. The number of rotatable bonds is 3. The van der Waals surface area contributed by atoms with E-state index < -0.39 is 29.1 Å². The molecule has 0 aliphatic carbocycles. The van der Waals surface area contributed by atoms with Crippen LogP contribution >= 0.6 is 0 Å². The highest BCUT2D eigenvalue weighted by Crippen LogP contribution is 2.22. The largest absolute Gasteiger partial charge is 0.330 e. The zero-order chi connectivity index (χ0) is 10.7. The fourth-order valence-electron chi connectivity index (χ4n) is 1.21. The maximum atomic E-state index is 13.1. The second kappa shape index (κ2) is 4.43. The van der Waals surface area contributed by atoms with Crippen LogP contribution < -0.4 is 11.5 Å². The fraction of sp³-hybridized carbons (Fsp3) is 0.333. The Morgan fingerprint density at radius 1 is 1.14 bits per heavy atom. The Labute approximate surface area is 79.7 Å². The van der Waals surface area contributed by atoms with Gasteiger partial charge in [-0.15, -0.1) is 0 Å². The van der Waals surface area contributed by atoms with Crippen molar-refractivity contribution in [2.45, 2.75) is 12.5 Å². The van der Waals surface area contributed by atoms with Crippen molar-refractivity contribution in [3.8, 4) is 0 Å². The standard InChI is InChI=1S/C9H11F3N2/c10-5-1-2-6(11)9(12)8(5)7(14)3-4-13/h1-2,7H,3-4,13-14H2/t7-/m1/s1. The fourth-order valence-corrected chi connectivity index (χ4v) is 1.21. The molecule has 0 spiro atoms. The van der Waals surface area contributed by atoms with E-state index in [0.717, 1.165) is 12.1 Å². The van der Waals surface area contributed by atoms with Crippen LogP contribution in [0.4, 0.5) is 13.2 Å². The lowest BCUT2D eigenvalue weighted by molar-refractivity contribution is 0.460. The maximum Gasteiger partial charge on any atom is 0.166 e. The van der Waals surface area contributed by atoms with E-state index in [1.807, 2.05) is 0 Å². The van der Waals surface area contributed by atoms with Gasteiger partial charge in [0.15, 0.2) is 11.6 Å². The van der Waals surface area contributed by atoms with E-state index in [9.17, 15) is 13.2 Å². The van der Waals surface area contributed by atoms with Crippen LogP contribution in [0.25, 0.3) is 0 Å². The predicted octanol–water partition coefficient (Wildman–Crippen LogP) is 1.45. The number of nitrogens with two attached hydrogens (primary N) is 2. The summed E-state index contributed by atoms with van der Waals surface area (Å²) in [7, 11) is 0. The van der Waals surface area contributed by atoms with Crippen molar-refractivity contribution >= 4 is 0 Å². The van der Waals surface area contributed by atoms with E-state index in [0.29, 0.717) is 0 Å². The highest BCUT2D eigenvalue weighted by molar-refractivity contribution is 5.24. The molecular weight excluding hydrogens is 193 g/mol. The van der Waals surface area contributed by atoms with Gasteiger partial charge in [-0.1, -0.05) is 0 Å². The molecule has 78 valence electrons. The van der Waals surface area contributed by atoms with E-state index in [4.69, 9.17) is 11.5 Å². The molecule has 0 saturated carbocycles. The zero-order valence-corrected chi connectivity index (χ0v) is 7.43. The van der Waals surface area contributed by atoms with Crippen LogP contribution in [0, 0.1) is 17.5 Å². The average Bonchev–Trinajstić information content (AvgIpc) is 2.13. The van der Waals surface area contributed by atoms with Gasteiger partial charge in [0.05, 0.1) is 0 Å². The molecule has 2 nitrogen and oxygen atoms in total. The third-order valence-electron chi connectivity index (χ3n) is 1.93. The molecule has 0 saturated heterocycles. The second-order valence-corrected chi connectivity index (χ2v) is 2.94. The minimum absolute atomic E-state index is 0.191. The average molecular weight is 204 g/mol. The molecule has 1 aromatic carbocycles. The van der Waals surface area contributed by atoms with Crippen molar-refractivity contribution < 1.29 is 13.2 Å². The summed E-state index contributed by atoms with van der Waals surface area (Å²) in [5.74, 6) is -3.18. The van der Waals surface area contributed by atoms with E-state index in [1.165, 1.54) is 0 Å². The Kier molecular flexibility index (Phi) is 3.49. The van der Waals surface area contributed by atoms with Gasteiger partial charge in [0, 0.05) is 11.6 Å². The van der Waals surface area contributed by atoms with Gasteiger partial charge in [0.1, 0.15) is 5.82 Å². The number of hydrogen-bond acceptors (Lipinski definition) is 2. The molecule has 0 aliphatic heterocycles. The summed E-state index contributed by atoms with van der Waals surface area (Å²) in [6, 6.07) is 0.670. The van der Waals surface area contributed by atoms with Gasteiger partial charge in [-0.2, -0.15) is 0 Å². The molecule has 0 fully saturated rings. The van der Waals surface area contributed by atoms with Gasteiger partial charge in [-0.3, -0.25) is 0 Å². The molecule has 0 radical (unpaired) electrons. The van der Waals surface area contributed by atoms with Crippen LogP contribution in [0.15, 0.2) is 12.1 Å². The monoisotopic (exact) mass is 204 g/mol. The second-order valence-electron chi connectivity index (χ2n) is 2.94. The topological polar surface area (TPSA) is 52.0 Å². The molecule has 4 N–H and O–H groups in total. The molecule has 0 aromatic heterocycles. The minimum atomic E-state index is -1.23. The third-order valence-corrected chi connectivity index (χ3v) is 1.93. The number of hydrogen-bond donors (Lipinski definition) is 2. The van der Waals surface area contributed by atoms with Gasteiger partial charge in [0.2, 0.25) is 0 Å². The summed E-state index contributed by atoms with van der Waals surface area (Å²) >= 11 is 0. The quantitative estimate of drug-likeness (QED) is 0.732. The first kappa shape index (κ1) is 11.0. The van der Waals surface area contributed by atoms with Crippen molar-refractivity contribution in [2.75, 3.05) is 6.54 Å². The van der Waals surface area contributed by atoms with Crippen molar-refractivity contribution in [1.82, 2.24) is 0 Å². The number of halogens is 3. The third kappa shape index (κ3) is 2.05. The maximum absolute atomic E-state index is 13.1. The molecule has 1 rings (SSSR count). The van der Waals surface area contributed by atoms with Crippen molar-refractivity contribution in [3.63, 3.8) is 0 Å². The Morgan fingerprint density at radius 3 is 2.29 bits per heavy atom. The van der Waals surface area contributed by atoms with Gasteiger partial charge < -0.3 is 11.5 Å².